The molecule has 0 atom stereocenters. The van der Waals surface area contributed by atoms with Crippen LogP contribution >= 0.6 is 11.6 Å². The van der Waals surface area contributed by atoms with Gasteiger partial charge in [0.15, 0.2) is 0 Å². The van der Waals surface area contributed by atoms with E-state index in [9.17, 15) is 4.79 Å². The van der Waals surface area contributed by atoms with Gasteiger partial charge in [0.25, 0.3) is 0 Å². The Hall–Kier alpha value is -1.17. The molecule has 1 aliphatic rings. The van der Waals surface area contributed by atoms with Crippen molar-refractivity contribution in [1.29, 1.82) is 0 Å². The number of pyridine rings is 1. The minimum atomic E-state index is -0.542. The van der Waals surface area contributed by atoms with Crippen LogP contribution in [0.1, 0.15) is 12.8 Å². The number of ether oxygens (including phenoxy) is 1. The first-order valence-corrected chi connectivity index (χ1v) is 6.25. The third kappa shape index (κ3) is 2.80. The van der Waals surface area contributed by atoms with E-state index in [1.165, 1.54) is 6.20 Å². The molecule has 0 unspecified atom stereocenters. The average molecular weight is 270 g/mol. The van der Waals surface area contributed by atoms with Gasteiger partial charge in [-0.25, -0.2) is 4.98 Å². The van der Waals surface area contributed by atoms with Crippen molar-refractivity contribution in [2.45, 2.75) is 12.8 Å². The maximum atomic E-state index is 12.3. The van der Waals surface area contributed by atoms with Gasteiger partial charge in [-0.15, -0.1) is 0 Å². The van der Waals surface area contributed by atoms with E-state index in [1.807, 2.05) is 0 Å². The van der Waals surface area contributed by atoms with E-state index in [2.05, 4.69) is 10.3 Å². The maximum Gasteiger partial charge on any atom is 0.233 e. The van der Waals surface area contributed by atoms with Crippen LogP contribution in [0.3, 0.4) is 0 Å². The molecule has 1 aromatic rings. The lowest BCUT2D eigenvalue weighted by atomic mass is 9.79. The van der Waals surface area contributed by atoms with Crippen molar-refractivity contribution in [2.24, 2.45) is 11.1 Å². The summed E-state index contributed by atoms with van der Waals surface area (Å²) in [6.07, 6.45) is 2.78. The van der Waals surface area contributed by atoms with Crippen LogP contribution in [0.4, 0.5) is 5.82 Å². The predicted octanol–water partition coefficient (Wildman–Crippen LogP) is 1.43. The SMILES string of the molecule is NCC1(C(=O)Nc2ccc(Cl)cn2)CCOCC1. The van der Waals surface area contributed by atoms with Crippen molar-refractivity contribution in [3.8, 4) is 0 Å². The highest BCUT2D eigenvalue weighted by molar-refractivity contribution is 6.30. The van der Waals surface area contributed by atoms with E-state index in [0.29, 0.717) is 43.4 Å². The average Bonchev–Trinajstić information content (AvgIpc) is 2.42. The van der Waals surface area contributed by atoms with Gasteiger partial charge >= 0.3 is 0 Å². The Kier molecular flexibility index (Phi) is 4.16. The first-order valence-electron chi connectivity index (χ1n) is 5.87. The number of nitrogens with two attached hydrogens (primary N) is 1. The Bertz CT molecular complexity index is 416. The zero-order chi connectivity index (χ0) is 13.0. The number of aromatic nitrogens is 1. The minimum absolute atomic E-state index is 0.0943. The standard InChI is InChI=1S/C12H16ClN3O2/c13-9-1-2-10(15-7-9)16-11(17)12(8-14)3-5-18-6-4-12/h1-2,7H,3-6,8,14H2,(H,15,16,17). The summed E-state index contributed by atoms with van der Waals surface area (Å²) in [6.45, 7) is 1.45. The Morgan fingerprint density at radius 2 is 2.22 bits per heavy atom. The first-order chi connectivity index (χ1) is 8.66. The second-order valence-electron chi connectivity index (χ2n) is 4.41. The number of nitrogens with zero attached hydrogens (tertiary/aromatic N) is 1. The Morgan fingerprint density at radius 3 is 2.78 bits per heavy atom. The number of carbonyl (C=O) groups is 1. The lowest BCUT2D eigenvalue weighted by Gasteiger charge is -2.34. The fraction of sp³-hybridized carbons (Fsp3) is 0.500. The van der Waals surface area contributed by atoms with Crippen molar-refractivity contribution < 1.29 is 9.53 Å². The van der Waals surface area contributed by atoms with Crippen molar-refractivity contribution in [2.75, 3.05) is 25.1 Å². The lowest BCUT2D eigenvalue weighted by molar-refractivity contribution is -0.130. The highest BCUT2D eigenvalue weighted by atomic mass is 35.5. The fourth-order valence-electron chi connectivity index (χ4n) is 1.98. The molecule has 1 amide bonds. The minimum Gasteiger partial charge on any atom is -0.381 e. The van der Waals surface area contributed by atoms with E-state index < -0.39 is 5.41 Å². The second-order valence-corrected chi connectivity index (χ2v) is 4.85. The summed E-state index contributed by atoms with van der Waals surface area (Å²) in [5, 5.41) is 3.32. The summed E-state index contributed by atoms with van der Waals surface area (Å²) in [4.78, 5) is 16.3. The number of hydrogen-bond acceptors (Lipinski definition) is 4. The third-order valence-corrected chi connectivity index (χ3v) is 3.51. The summed E-state index contributed by atoms with van der Waals surface area (Å²) in [5.74, 6) is 0.395. The van der Waals surface area contributed by atoms with Crippen LogP contribution < -0.4 is 11.1 Å². The third-order valence-electron chi connectivity index (χ3n) is 3.29. The smallest absolute Gasteiger partial charge is 0.233 e. The number of amides is 1. The molecule has 18 heavy (non-hydrogen) atoms. The second kappa shape index (κ2) is 5.65. The van der Waals surface area contributed by atoms with Crippen molar-refractivity contribution >= 4 is 23.3 Å². The first kappa shape index (κ1) is 13.3. The van der Waals surface area contributed by atoms with Gasteiger partial charge < -0.3 is 15.8 Å². The topological polar surface area (TPSA) is 77.2 Å². The Labute approximate surface area is 111 Å². The molecule has 1 saturated heterocycles. The number of halogens is 1. The zero-order valence-corrected chi connectivity index (χ0v) is 10.7. The molecular formula is C12H16ClN3O2. The normalized spacial score (nSPS) is 18.3. The molecule has 2 heterocycles. The molecule has 98 valence electrons. The Balaban J connectivity index is 2.07. The van der Waals surface area contributed by atoms with Crippen molar-refractivity contribution in [3.05, 3.63) is 23.4 Å². The molecular weight excluding hydrogens is 254 g/mol. The zero-order valence-electron chi connectivity index (χ0n) is 9.99. The molecule has 1 aliphatic heterocycles. The molecule has 0 saturated carbocycles. The van der Waals surface area contributed by atoms with Crippen LogP contribution in [-0.2, 0) is 9.53 Å². The maximum absolute atomic E-state index is 12.3. The van der Waals surface area contributed by atoms with Crippen LogP contribution in [0.15, 0.2) is 18.3 Å². The molecule has 3 N–H and O–H groups in total. The predicted molar refractivity (Wildman–Crippen MR) is 69.4 cm³/mol. The van der Waals surface area contributed by atoms with Gasteiger partial charge in [0, 0.05) is 26.0 Å². The van der Waals surface area contributed by atoms with Gasteiger partial charge in [-0.1, -0.05) is 11.6 Å². The molecule has 1 fully saturated rings. The molecule has 0 spiro atoms. The Morgan fingerprint density at radius 1 is 1.50 bits per heavy atom. The highest BCUT2D eigenvalue weighted by Gasteiger charge is 2.38. The summed E-state index contributed by atoms with van der Waals surface area (Å²) >= 11 is 5.74. The van der Waals surface area contributed by atoms with Crippen molar-refractivity contribution in [1.82, 2.24) is 4.98 Å². The van der Waals surface area contributed by atoms with Crippen LogP contribution in [-0.4, -0.2) is 30.6 Å². The van der Waals surface area contributed by atoms with Crippen molar-refractivity contribution in [3.63, 3.8) is 0 Å². The molecule has 0 aromatic carbocycles. The monoisotopic (exact) mass is 269 g/mol. The van der Waals surface area contributed by atoms with E-state index in [4.69, 9.17) is 22.1 Å². The van der Waals surface area contributed by atoms with Gasteiger partial charge in [0.2, 0.25) is 5.91 Å². The lowest BCUT2D eigenvalue weighted by Crippen LogP contribution is -2.46. The van der Waals surface area contributed by atoms with Crippen LogP contribution in [0.25, 0.3) is 0 Å². The van der Waals surface area contributed by atoms with Gasteiger partial charge in [-0.2, -0.15) is 0 Å². The van der Waals surface area contributed by atoms with Gasteiger partial charge in [0.05, 0.1) is 10.4 Å². The largest absolute Gasteiger partial charge is 0.381 e. The van der Waals surface area contributed by atoms with Gasteiger partial charge in [0.1, 0.15) is 5.82 Å². The molecule has 6 heteroatoms. The summed E-state index contributed by atoms with van der Waals surface area (Å²) in [6, 6.07) is 3.35. The number of hydrogen-bond donors (Lipinski definition) is 2. The fourth-order valence-corrected chi connectivity index (χ4v) is 2.10. The molecule has 1 aromatic heterocycles. The highest BCUT2D eigenvalue weighted by Crippen LogP contribution is 2.30. The number of anilines is 1. The van der Waals surface area contributed by atoms with E-state index in [-0.39, 0.29) is 5.91 Å². The summed E-state index contributed by atoms with van der Waals surface area (Å²) in [7, 11) is 0. The number of rotatable bonds is 3. The van der Waals surface area contributed by atoms with Crippen LogP contribution in [0.5, 0.6) is 0 Å². The van der Waals surface area contributed by atoms with Gasteiger partial charge in [-0.3, -0.25) is 4.79 Å². The van der Waals surface area contributed by atoms with E-state index in [0.717, 1.165) is 0 Å². The molecule has 2 rings (SSSR count). The molecule has 0 bridgehead atoms. The summed E-state index contributed by atoms with van der Waals surface area (Å²) in [5.41, 5.74) is 5.22. The molecule has 0 radical (unpaired) electrons. The van der Waals surface area contributed by atoms with Gasteiger partial charge in [-0.05, 0) is 25.0 Å². The van der Waals surface area contributed by atoms with E-state index in [1.54, 1.807) is 12.1 Å². The van der Waals surface area contributed by atoms with E-state index >= 15 is 0 Å². The number of nitrogens with one attached hydrogen (secondary N) is 1. The molecule has 5 nitrogen and oxygen atoms in total. The molecule has 0 aliphatic carbocycles. The number of carbonyl (C=O) groups excluding carboxylic acids is 1. The summed E-state index contributed by atoms with van der Waals surface area (Å²) < 4.78 is 5.27. The van der Waals surface area contributed by atoms with Crippen LogP contribution in [0.2, 0.25) is 5.02 Å². The quantitative estimate of drug-likeness (QED) is 0.870. The van der Waals surface area contributed by atoms with Crippen LogP contribution in [0, 0.1) is 5.41 Å².